The van der Waals surface area contributed by atoms with E-state index in [1.165, 1.54) is 0 Å². The van der Waals surface area contributed by atoms with Crippen LogP contribution in [0.2, 0.25) is 0 Å². The summed E-state index contributed by atoms with van der Waals surface area (Å²) in [5.41, 5.74) is 0. The lowest BCUT2D eigenvalue weighted by Gasteiger charge is -1.99. The average molecular weight is 185 g/mol. The number of carbonyl (C=O) groups is 1. The molecular formula is C4H8FNO4S. The SMILES string of the molecule is COC(=O)NCCS(=O)(=O)F. The summed E-state index contributed by atoms with van der Waals surface area (Å²) >= 11 is 0. The van der Waals surface area contributed by atoms with Gasteiger partial charge in [0.05, 0.1) is 12.9 Å². The highest BCUT2D eigenvalue weighted by molar-refractivity contribution is 7.86. The van der Waals surface area contributed by atoms with Crippen molar-refractivity contribution in [1.29, 1.82) is 0 Å². The Bertz CT molecular complexity index is 224. The molecule has 0 unspecified atom stereocenters. The minimum atomic E-state index is -4.50. The second kappa shape index (κ2) is 4.12. The fourth-order valence-electron chi connectivity index (χ4n) is 0.347. The summed E-state index contributed by atoms with van der Waals surface area (Å²) in [4.78, 5) is 10.2. The number of amides is 1. The van der Waals surface area contributed by atoms with E-state index in [9.17, 15) is 17.1 Å². The van der Waals surface area contributed by atoms with Gasteiger partial charge in [0.1, 0.15) is 0 Å². The van der Waals surface area contributed by atoms with Gasteiger partial charge in [-0.05, 0) is 0 Å². The summed E-state index contributed by atoms with van der Waals surface area (Å²) in [6, 6.07) is 0. The molecule has 7 heteroatoms. The summed E-state index contributed by atoms with van der Waals surface area (Å²) in [6.07, 6.45) is -0.784. The number of hydrogen-bond acceptors (Lipinski definition) is 4. The van der Waals surface area contributed by atoms with E-state index in [4.69, 9.17) is 0 Å². The Morgan fingerprint density at radius 2 is 2.18 bits per heavy atom. The highest BCUT2D eigenvalue weighted by atomic mass is 32.3. The van der Waals surface area contributed by atoms with Gasteiger partial charge in [-0.3, -0.25) is 0 Å². The summed E-state index contributed by atoms with van der Waals surface area (Å²) < 4.78 is 35.5. The number of ether oxygens (including phenoxy) is 1. The van der Waals surface area contributed by atoms with Crippen molar-refractivity contribution in [3.8, 4) is 0 Å². The maximum Gasteiger partial charge on any atom is 0.406 e. The van der Waals surface area contributed by atoms with Gasteiger partial charge < -0.3 is 10.1 Å². The van der Waals surface area contributed by atoms with Gasteiger partial charge in [0.2, 0.25) is 0 Å². The summed E-state index contributed by atoms with van der Waals surface area (Å²) in [6.45, 7) is -0.286. The number of nitrogens with one attached hydrogen (secondary N) is 1. The van der Waals surface area contributed by atoms with E-state index in [-0.39, 0.29) is 6.54 Å². The number of hydrogen-bond donors (Lipinski definition) is 1. The Morgan fingerprint density at radius 1 is 1.64 bits per heavy atom. The minimum absolute atomic E-state index is 0.286. The fraction of sp³-hybridized carbons (Fsp3) is 0.750. The van der Waals surface area contributed by atoms with Gasteiger partial charge in [0, 0.05) is 6.54 Å². The maximum atomic E-state index is 11.7. The topological polar surface area (TPSA) is 72.5 Å². The molecule has 0 spiro atoms. The lowest BCUT2D eigenvalue weighted by atomic mass is 10.7. The van der Waals surface area contributed by atoms with Crippen molar-refractivity contribution in [2.75, 3.05) is 19.4 Å². The number of halogens is 1. The average Bonchev–Trinajstić information content (AvgIpc) is 1.85. The molecule has 1 N–H and O–H groups in total. The van der Waals surface area contributed by atoms with Gasteiger partial charge in [-0.25, -0.2) is 4.79 Å². The smallest absolute Gasteiger partial charge is 0.406 e. The molecule has 0 aromatic heterocycles. The molecule has 0 aromatic rings. The van der Waals surface area contributed by atoms with Crippen molar-refractivity contribution in [2.45, 2.75) is 0 Å². The fourth-order valence-corrected chi connectivity index (χ4v) is 0.693. The van der Waals surface area contributed by atoms with Gasteiger partial charge in [-0.1, -0.05) is 0 Å². The van der Waals surface area contributed by atoms with Gasteiger partial charge in [0.15, 0.2) is 0 Å². The number of methoxy groups -OCH3 is 1. The highest BCUT2D eigenvalue weighted by Crippen LogP contribution is 1.87. The zero-order chi connectivity index (χ0) is 8.91. The molecule has 5 nitrogen and oxygen atoms in total. The maximum absolute atomic E-state index is 11.7. The normalized spacial score (nSPS) is 10.7. The van der Waals surface area contributed by atoms with Crippen LogP contribution < -0.4 is 5.32 Å². The standard InChI is InChI=1S/C4H8FNO4S/c1-10-4(7)6-2-3-11(5,8)9/h2-3H2,1H3,(H,6,7). The predicted octanol–water partition coefficient (Wildman–Crippen LogP) is -0.358. The Balaban J connectivity index is 3.51. The van der Waals surface area contributed by atoms with Crippen molar-refractivity contribution in [3.05, 3.63) is 0 Å². The first-order valence-corrected chi connectivity index (χ1v) is 4.25. The van der Waals surface area contributed by atoms with Crippen LogP contribution in [0.5, 0.6) is 0 Å². The van der Waals surface area contributed by atoms with Crippen LogP contribution in [0, 0.1) is 0 Å². The highest BCUT2D eigenvalue weighted by Gasteiger charge is 2.07. The zero-order valence-electron chi connectivity index (χ0n) is 5.83. The Labute approximate surface area is 63.7 Å². The third-order valence-corrected chi connectivity index (χ3v) is 1.49. The first kappa shape index (κ1) is 10.2. The van der Waals surface area contributed by atoms with Crippen LogP contribution in [0.15, 0.2) is 0 Å². The van der Waals surface area contributed by atoms with E-state index >= 15 is 0 Å². The van der Waals surface area contributed by atoms with E-state index in [1.54, 1.807) is 0 Å². The van der Waals surface area contributed by atoms with Crippen LogP contribution >= 0.6 is 0 Å². The molecule has 0 aromatic carbocycles. The molecule has 0 rings (SSSR count). The third kappa shape index (κ3) is 7.04. The van der Waals surface area contributed by atoms with Crippen LogP contribution in [0.25, 0.3) is 0 Å². The molecule has 0 aliphatic rings. The van der Waals surface area contributed by atoms with Crippen LogP contribution in [-0.2, 0) is 15.0 Å². The second-order valence-corrected chi connectivity index (χ2v) is 3.15. The first-order valence-electron chi connectivity index (χ1n) is 2.70. The molecule has 0 aliphatic carbocycles. The summed E-state index contributed by atoms with van der Waals surface area (Å²) in [7, 11) is -3.37. The Kier molecular flexibility index (Phi) is 3.80. The third-order valence-electron chi connectivity index (χ3n) is 0.801. The lowest BCUT2D eigenvalue weighted by Crippen LogP contribution is -2.27. The number of alkyl carbamates (subject to hydrolysis) is 1. The van der Waals surface area contributed by atoms with Crippen LogP contribution in [0.4, 0.5) is 8.68 Å². The van der Waals surface area contributed by atoms with E-state index in [0.29, 0.717) is 0 Å². The number of carbonyl (C=O) groups excluding carboxylic acids is 1. The summed E-state index contributed by atoms with van der Waals surface area (Å²) in [5.74, 6) is -0.734. The van der Waals surface area contributed by atoms with Gasteiger partial charge in [-0.2, -0.15) is 8.42 Å². The largest absolute Gasteiger partial charge is 0.453 e. The second-order valence-electron chi connectivity index (χ2n) is 1.66. The Hall–Kier alpha value is -0.850. The van der Waals surface area contributed by atoms with Gasteiger partial charge >= 0.3 is 16.3 Å². The van der Waals surface area contributed by atoms with Crippen molar-refractivity contribution >= 4 is 16.3 Å². The van der Waals surface area contributed by atoms with Crippen molar-refractivity contribution < 1.29 is 21.8 Å². The van der Waals surface area contributed by atoms with Gasteiger partial charge in [0.25, 0.3) is 0 Å². The minimum Gasteiger partial charge on any atom is -0.453 e. The van der Waals surface area contributed by atoms with E-state index in [2.05, 4.69) is 4.74 Å². The summed E-state index contributed by atoms with van der Waals surface area (Å²) in [5, 5.41) is 2.01. The molecule has 0 aliphatic heterocycles. The molecule has 0 saturated heterocycles. The molecule has 1 amide bonds. The predicted molar refractivity (Wildman–Crippen MR) is 35.3 cm³/mol. The molecule has 0 fully saturated rings. The van der Waals surface area contributed by atoms with Crippen molar-refractivity contribution in [1.82, 2.24) is 5.32 Å². The number of rotatable bonds is 3. The molecule has 66 valence electrons. The van der Waals surface area contributed by atoms with E-state index in [0.717, 1.165) is 7.11 Å². The lowest BCUT2D eigenvalue weighted by molar-refractivity contribution is 0.171. The molecule has 0 heterocycles. The van der Waals surface area contributed by atoms with Crippen molar-refractivity contribution in [2.24, 2.45) is 0 Å². The van der Waals surface area contributed by atoms with Crippen LogP contribution in [-0.4, -0.2) is 33.9 Å². The Morgan fingerprint density at radius 3 is 2.55 bits per heavy atom. The first-order chi connectivity index (χ1) is 4.95. The molecule has 0 radical (unpaired) electrons. The van der Waals surface area contributed by atoms with E-state index in [1.807, 2.05) is 5.32 Å². The quantitative estimate of drug-likeness (QED) is 0.609. The van der Waals surface area contributed by atoms with Crippen LogP contribution in [0.1, 0.15) is 0 Å². The molecule has 11 heavy (non-hydrogen) atoms. The molecule has 0 saturated carbocycles. The van der Waals surface area contributed by atoms with Crippen LogP contribution in [0.3, 0.4) is 0 Å². The molecule has 0 atom stereocenters. The zero-order valence-corrected chi connectivity index (χ0v) is 6.65. The molecule has 0 bridgehead atoms. The monoisotopic (exact) mass is 185 g/mol. The van der Waals surface area contributed by atoms with E-state index < -0.39 is 22.1 Å². The van der Waals surface area contributed by atoms with Crippen molar-refractivity contribution in [3.63, 3.8) is 0 Å². The van der Waals surface area contributed by atoms with Gasteiger partial charge in [-0.15, -0.1) is 3.89 Å². The molecular weight excluding hydrogens is 177 g/mol.